The van der Waals surface area contributed by atoms with Crippen molar-refractivity contribution in [3.05, 3.63) is 17.7 Å². The summed E-state index contributed by atoms with van der Waals surface area (Å²) < 4.78 is 4.77. The number of aliphatic hydroxyl groups is 1. The number of nitrogens with zero attached hydrogens (tertiary/aromatic N) is 1. The van der Waals surface area contributed by atoms with Gasteiger partial charge in [0.05, 0.1) is 31.5 Å². The van der Waals surface area contributed by atoms with Gasteiger partial charge in [-0.05, 0) is 6.92 Å². The molecule has 78 valence electrons. The fourth-order valence-electron chi connectivity index (χ4n) is 1.07. The van der Waals surface area contributed by atoms with Crippen LogP contribution >= 0.6 is 0 Å². The van der Waals surface area contributed by atoms with Gasteiger partial charge in [-0.15, -0.1) is 0 Å². The third-order valence-electron chi connectivity index (χ3n) is 1.72. The minimum Gasteiger partial charge on any atom is -0.466 e. The number of carbonyl (C=O) groups excluding carboxylic acids is 1. The van der Waals surface area contributed by atoms with Crippen molar-refractivity contribution in [2.45, 2.75) is 26.4 Å². The number of hydrogen-bond acceptors (Lipinski definition) is 4. The van der Waals surface area contributed by atoms with E-state index in [1.807, 2.05) is 0 Å². The molecule has 1 heterocycles. The molecule has 5 heteroatoms. The first-order chi connectivity index (χ1) is 6.76. The zero-order valence-electron chi connectivity index (χ0n) is 8.12. The fraction of sp³-hybridized carbons (Fsp3) is 0.556. The number of nitrogens with one attached hydrogen (secondary N) is 1. The highest BCUT2D eigenvalue weighted by molar-refractivity contribution is 5.69. The van der Waals surface area contributed by atoms with E-state index in [0.29, 0.717) is 31.0 Å². The molecule has 1 aromatic heterocycles. The summed E-state index contributed by atoms with van der Waals surface area (Å²) in [6.07, 6.45) is 2.38. The Balaban J connectivity index is 2.34. The van der Waals surface area contributed by atoms with Crippen LogP contribution in [0.25, 0.3) is 0 Å². The monoisotopic (exact) mass is 198 g/mol. The second-order valence-corrected chi connectivity index (χ2v) is 2.82. The molecule has 0 aliphatic carbocycles. The van der Waals surface area contributed by atoms with Gasteiger partial charge in [-0.25, -0.2) is 4.98 Å². The van der Waals surface area contributed by atoms with E-state index in [1.165, 1.54) is 0 Å². The highest BCUT2D eigenvalue weighted by atomic mass is 16.5. The second kappa shape index (κ2) is 5.39. The molecule has 0 aliphatic rings. The summed E-state index contributed by atoms with van der Waals surface area (Å²) in [5.41, 5.74) is 0.656. The molecular formula is C9H14N2O3. The zero-order valence-corrected chi connectivity index (χ0v) is 8.12. The Bertz CT molecular complexity index is 296. The Morgan fingerprint density at radius 2 is 2.50 bits per heavy atom. The molecule has 0 spiro atoms. The highest BCUT2D eigenvalue weighted by Gasteiger charge is 2.05. The largest absolute Gasteiger partial charge is 0.466 e. The maximum atomic E-state index is 11.0. The first kappa shape index (κ1) is 10.7. The molecule has 0 fully saturated rings. The lowest BCUT2D eigenvalue weighted by Crippen LogP contribution is -2.05. The van der Waals surface area contributed by atoms with Crippen LogP contribution in [0.3, 0.4) is 0 Å². The van der Waals surface area contributed by atoms with E-state index in [4.69, 9.17) is 9.84 Å². The van der Waals surface area contributed by atoms with Crippen molar-refractivity contribution in [1.82, 2.24) is 9.97 Å². The topological polar surface area (TPSA) is 75.2 Å². The number of rotatable bonds is 5. The Kier molecular flexibility index (Phi) is 4.12. The molecule has 0 radical (unpaired) electrons. The molecule has 0 atom stereocenters. The molecule has 0 saturated heterocycles. The number of H-pyrrole nitrogens is 1. The van der Waals surface area contributed by atoms with E-state index in [-0.39, 0.29) is 12.6 Å². The molecular weight excluding hydrogens is 184 g/mol. The van der Waals surface area contributed by atoms with Gasteiger partial charge < -0.3 is 14.8 Å². The predicted octanol–water partition coefficient (Wildman–Crippen LogP) is 0.398. The number of aromatic nitrogens is 2. The molecule has 1 aromatic rings. The molecule has 0 bridgehead atoms. The predicted molar refractivity (Wildman–Crippen MR) is 49.5 cm³/mol. The number of ether oxygens (including phenoxy) is 1. The van der Waals surface area contributed by atoms with E-state index in [1.54, 1.807) is 13.1 Å². The van der Waals surface area contributed by atoms with Crippen molar-refractivity contribution in [3.63, 3.8) is 0 Å². The number of aromatic amines is 1. The Morgan fingerprint density at radius 1 is 1.71 bits per heavy atom. The molecule has 0 aliphatic heterocycles. The van der Waals surface area contributed by atoms with Crippen LogP contribution < -0.4 is 0 Å². The van der Waals surface area contributed by atoms with Gasteiger partial charge >= 0.3 is 5.97 Å². The molecule has 2 N–H and O–H groups in total. The van der Waals surface area contributed by atoms with Crippen LogP contribution in [0.4, 0.5) is 0 Å². The van der Waals surface area contributed by atoms with Crippen molar-refractivity contribution in [2.24, 2.45) is 0 Å². The lowest BCUT2D eigenvalue weighted by atomic mass is 10.3. The zero-order chi connectivity index (χ0) is 10.4. The Hall–Kier alpha value is -1.36. The molecule has 0 saturated carbocycles. The van der Waals surface area contributed by atoms with Crippen molar-refractivity contribution in [3.8, 4) is 0 Å². The number of esters is 1. The molecule has 14 heavy (non-hydrogen) atoms. The van der Waals surface area contributed by atoms with Crippen LogP contribution in [0.1, 0.15) is 24.9 Å². The van der Waals surface area contributed by atoms with Gasteiger partial charge in [0, 0.05) is 6.42 Å². The molecule has 0 aromatic carbocycles. The quantitative estimate of drug-likeness (QED) is 0.671. The van der Waals surface area contributed by atoms with E-state index < -0.39 is 0 Å². The van der Waals surface area contributed by atoms with Gasteiger partial charge in [-0.1, -0.05) is 0 Å². The van der Waals surface area contributed by atoms with Crippen molar-refractivity contribution in [2.75, 3.05) is 6.61 Å². The maximum Gasteiger partial charge on any atom is 0.306 e. The molecule has 1 rings (SSSR count). The van der Waals surface area contributed by atoms with Gasteiger partial charge in [0.2, 0.25) is 0 Å². The first-order valence-corrected chi connectivity index (χ1v) is 4.55. The fourth-order valence-corrected chi connectivity index (χ4v) is 1.07. The summed E-state index contributed by atoms with van der Waals surface area (Å²) in [6.45, 7) is 2.11. The van der Waals surface area contributed by atoms with Crippen LogP contribution in [0.5, 0.6) is 0 Å². The van der Waals surface area contributed by atoms with Crippen LogP contribution in [-0.2, 0) is 22.6 Å². The van der Waals surface area contributed by atoms with Crippen molar-refractivity contribution >= 4 is 5.97 Å². The van der Waals surface area contributed by atoms with Gasteiger partial charge in [-0.3, -0.25) is 4.79 Å². The normalized spacial score (nSPS) is 10.1. The van der Waals surface area contributed by atoms with Crippen LogP contribution in [0, 0.1) is 0 Å². The van der Waals surface area contributed by atoms with Gasteiger partial charge in [0.1, 0.15) is 5.82 Å². The number of hydrogen-bond donors (Lipinski definition) is 2. The average molecular weight is 198 g/mol. The SMILES string of the molecule is CCOC(=O)CCc1ncc(CO)[nH]1. The molecule has 0 unspecified atom stereocenters. The minimum absolute atomic E-state index is 0.0631. The third kappa shape index (κ3) is 3.18. The van der Waals surface area contributed by atoms with Crippen LogP contribution in [-0.4, -0.2) is 27.7 Å². The summed E-state index contributed by atoms with van der Waals surface area (Å²) in [4.78, 5) is 17.9. The lowest BCUT2D eigenvalue weighted by Gasteiger charge is -1.99. The Labute approximate surface area is 82.1 Å². The molecule has 5 nitrogen and oxygen atoms in total. The summed E-state index contributed by atoms with van der Waals surface area (Å²) in [7, 11) is 0. The molecule has 0 amide bonds. The summed E-state index contributed by atoms with van der Waals surface area (Å²) in [5, 5.41) is 8.75. The average Bonchev–Trinajstić information content (AvgIpc) is 2.63. The van der Waals surface area contributed by atoms with Gasteiger partial charge in [0.15, 0.2) is 0 Å². The number of aliphatic hydroxyl groups excluding tert-OH is 1. The maximum absolute atomic E-state index is 11.0. The summed E-state index contributed by atoms with van der Waals surface area (Å²) in [6, 6.07) is 0. The second-order valence-electron chi connectivity index (χ2n) is 2.82. The minimum atomic E-state index is -0.227. The lowest BCUT2D eigenvalue weighted by molar-refractivity contribution is -0.143. The third-order valence-corrected chi connectivity index (χ3v) is 1.72. The van der Waals surface area contributed by atoms with E-state index in [9.17, 15) is 4.79 Å². The number of carbonyl (C=O) groups is 1. The summed E-state index contributed by atoms with van der Waals surface area (Å²) >= 11 is 0. The first-order valence-electron chi connectivity index (χ1n) is 4.55. The highest BCUT2D eigenvalue weighted by Crippen LogP contribution is 2.01. The van der Waals surface area contributed by atoms with Gasteiger partial charge in [-0.2, -0.15) is 0 Å². The number of aryl methyl sites for hydroxylation is 1. The van der Waals surface area contributed by atoms with Crippen molar-refractivity contribution in [1.29, 1.82) is 0 Å². The van der Waals surface area contributed by atoms with Crippen LogP contribution in [0.15, 0.2) is 6.20 Å². The van der Waals surface area contributed by atoms with E-state index >= 15 is 0 Å². The number of imidazole rings is 1. The van der Waals surface area contributed by atoms with Crippen molar-refractivity contribution < 1.29 is 14.6 Å². The van der Waals surface area contributed by atoms with E-state index in [0.717, 1.165) is 0 Å². The smallest absolute Gasteiger partial charge is 0.306 e. The summed E-state index contributed by atoms with van der Waals surface area (Å²) in [5.74, 6) is 0.469. The van der Waals surface area contributed by atoms with Crippen LogP contribution in [0.2, 0.25) is 0 Å². The van der Waals surface area contributed by atoms with Gasteiger partial charge in [0.25, 0.3) is 0 Å². The standard InChI is InChI=1S/C9H14N2O3/c1-2-14-9(13)4-3-8-10-5-7(6-12)11-8/h5,12H,2-4,6H2,1H3,(H,10,11). The Morgan fingerprint density at radius 3 is 3.07 bits per heavy atom. The van der Waals surface area contributed by atoms with E-state index in [2.05, 4.69) is 9.97 Å².